The van der Waals surface area contributed by atoms with Crippen LogP contribution in [0.5, 0.6) is 5.75 Å². The standard InChI is InChI=1S/C24H18O2/c1-16(2)24(25)26-23-21-10-6-5-8-18(21)13-14-22(23)20-12-11-17-7-3-4-9-19(17)15-20/h3-15H,1H2,2H3. The van der Waals surface area contributed by atoms with Crippen LogP contribution < -0.4 is 4.74 Å². The Labute approximate surface area is 152 Å². The first-order valence-electron chi connectivity index (χ1n) is 8.52. The summed E-state index contributed by atoms with van der Waals surface area (Å²) in [5.74, 6) is 0.162. The lowest BCUT2D eigenvalue weighted by Crippen LogP contribution is -2.09. The van der Waals surface area contributed by atoms with Crippen LogP contribution in [0.25, 0.3) is 32.7 Å². The van der Waals surface area contributed by atoms with E-state index in [4.69, 9.17) is 4.74 Å². The van der Waals surface area contributed by atoms with Crippen LogP contribution in [0.15, 0.2) is 91.0 Å². The lowest BCUT2D eigenvalue weighted by Gasteiger charge is -2.14. The third-order valence-corrected chi connectivity index (χ3v) is 4.48. The SMILES string of the molecule is C=C(C)C(=O)Oc1c(-c2ccc3ccccc3c2)ccc2ccccc12. The molecule has 0 aliphatic rings. The molecule has 126 valence electrons. The maximum Gasteiger partial charge on any atom is 0.338 e. The Morgan fingerprint density at radius 2 is 1.46 bits per heavy atom. The molecular formula is C24H18O2. The highest BCUT2D eigenvalue weighted by Crippen LogP contribution is 2.38. The van der Waals surface area contributed by atoms with Gasteiger partial charge in [0.25, 0.3) is 0 Å². The highest BCUT2D eigenvalue weighted by atomic mass is 16.5. The minimum Gasteiger partial charge on any atom is -0.422 e. The third-order valence-electron chi connectivity index (χ3n) is 4.48. The molecule has 0 saturated carbocycles. The van der Waals surface area contributed by atoms with Crippen LogP contribution in [-0.4, -0.2) is 5.97 Å². The van der Waals surface area contributed by atoms with Crippen LogP contribution >= 0.6 is 0 Å². The van der Waals surface area contributed by atoms with Crippen molar-refractivity contribution in [2.24, 2.45) is 0 Å². The van der Waals surface area contributed by atoms with Crippen LogP contribution in [0.3, 0.4) is 0 Å². The van der Waals surface area contributed by atoms with Gasteiger partial charge in [-0.25, -0.2) is 4.79 Å². The fourth-order valence-electron chi connectivity index (χ4n) is 3.12. The molecule has 0 bridgehead atoms. The molecule has 0 fully saturated rings. The van der Waals surface area contributed by atoms with Crippen LogP contribution in [0.2, 0.25) is 0 Å². The molecule has 0 saturated heterocycles. The molecule has 0 aliphatic heterocycles. The van der Waals surface area contributed by atoms with Gasteiger partial charge in [0.1, 0.15) is 5.75 Å². The van der Waals surface area contributed by atoms with Gasteiger partial charge in [-0.15, -0.1) is 0 Å². The number of hydrogen-bond acceptors (Lipinski definition) is 2. The molecule has 4 aromatic carbocycles. The number of carbonyl (C=O) groups is 1. The maximum absolute atomic E-state index is 12.2. The van der Waals surface area contributed by atoms with Crippen molar-refractivity contribution in [2.45, 2.75) is 6.92 Å². The molecule has 4 aromatic rings. The number of hydrogen-bond donors (Lipinski definition) is 0. The number of carbonyl (C=O) groups excluding carboxylic acids is 1. The second-order valence-corrected chi connectivity index (χ2v) is 6.40. The van der Waals surface area contributed by atoms with E-state index in [9.17, 15) is 4.79 Å². The van der Waals surface area contributed by atoms with Crippen molar-refractivity contribution in [2.75, 3.05) is 0 Å². The second-order valence-electron chi connectivity index (χ2n) is 6.40. The smallest absolute Gasteiger partial charge is 0.338 e. The average molecular weight is 338 g/mol. The molecule has 2 heteroatoms. The van der Waals surface area contributed by atoms with Gasteiger partial charge in [0, 0.05) is 16.5 Å². The molecule has 0 unspecified atom stereocenters. The van der Waals surface area contributed by atoms with E-state index in [0.29, 0.717) is 11.3 Å². The van der Waals surface area contributed by atoms with Crippen LogP contribution in [0, 0.1) is 0 Å². The molecule has 0 heterocycles. The molecule has 0 amide bonds. The highest BCUT2D eigenvalue weighted by Gasteiger charge is 2.15. The Kier molecular flexibility index (Phi) is 4.02. The normalized spacial score (nSPS) is 10.8. The Bertz CT molecular complexity index is 1160. The molecule has 26 heavy (non-hydrogen) atoms. The first-order chi connectivity index (χ1) is 12.6. The third kappa shape index (κ3) is 2.86. The van der Waals surface area contributed by atoms with Gasteiger partial charge in [0.05, 0.1) is 0 Å². The number of esters is 1. The summed E-state index contributed by atoms with van der Waals surface area (Å²) in [7, 11) is 0. The van der Waals surface area contributed by atoms with Gasteiger partial charge in [0.15, 0.2) is 0 Å². The number of ether oxygens (including phenoxy) is 1. The fraction of sp³-hybridized carbons (Fsp3) is 0.0417. The zero-order chi connectivity index (χ0) is 18.1. The summed E-state index contributed by atoms with van der Waals surface area (Å²) in [5, 5.41) is 4.27. The van der Waals surface area contributed by atoms with E-state index in [2.05, 4.69) is 43.0 Å². The van der Waals surface area contributed by atoms with Gasteiger partial charge >= 0.3 is 5.97 Å². The predicted octanol–water partition coefficient (Wildman–Crippen LogP) is 6.14. The lowest BCUT2D eigenvalue weighted by atomic mass is 9.97. The summed E-state index contributed by atoms with van der Waals surface area (Å²) >= 11 is 0. The second kappa shape index (κ2) is 6.49. The minimum absolute atomic E-state index is 0.377. The summed E-state index contributed by atoms with van der Waals surface area (Å²) in [6, 6.07) is 26.5. The van der Waals surface area contributed by atoms with Gasteiger partial charge < -0.3 is 4.74 Å². The van der Waals surface area contributed by atoms with E-state index in [1.54, 1.807) is 6.92 Å². The fourth-order valence-corrected chi connectivity index (χ4v) is 3.12. The monoisotopic (exact) mass is 338 g/mol. The van der Waals surface area contributed by atoms with E-state index in [0.717, 1.165) is 27.3 Å². The van der Waals surface area contributed by atoms with E-state index in [-0.39, 0.29) is 0 Å². The first-order valence-corrected chi connectivity index (χ1v) is 8.52. The number of fused-ring (bicyclic) bond motifs is 2. The van der Waals surface area contributed by atoms with E-state index in [1.807, 2.05) is 42.5 Å². The van der Waals surface area contributed by atoms with E-state index in [1.165, 1.54) is 5.39 Å². The highest BCUT2D eigenvalue weighted by molar-refractivity contribution is 6.00. The maximum atomic E-state index is 12.2. The quantitative estimate of drug-likeness (QED) is 0.255. The van der Waals surface area contributed by atoms with Gasteiger partial charge in [-0.2, -0.15) is 0 Å². The van der Waals surface area contributed by atoms with E-state index >= 15 is 0 Å². The molecule has 0 aliphatic carbocycles. The van der Waals surface area contributed by atoms with Crippen LogP contribution in [-0.2, 0) is 4.79 Å². The summed E-state index contributed by atoms with van der Waals surface area (Å²) in [6.45, 7) is 5.36. The Balaban J connectivity index is 1.95. The van der Waals surface area contributed by atoms with Crippen molar-refractivity contribution in [3.8, 4) is 16.9 Å². The number of benzene rings is 4. The molecule has 0 atom stereocenters. The van der Waals surface area contributed by atoms with Crippen LogP contribution in [0.1, 0.15) is 6.92 Å². The average Bonchev–Trinajstić information content (AvgIpc) is 2.67. The van der Waals surface area contributed by atoms with Crippen molar-refractivity contribution in [3.63, 3.8) is 0 Å². The van der Waals surface area contributed by atoms with Gasteiger partial charge in [-0.3, -0.25) is 0 Å². The van der Waals surface area contributed by atoms with Crippen molar-refractivity contribution in [1.29, 1.82) is 0 Å². The molecule has 4 rings (SSSR count). The summed E-state index contributed by atoms with van der Waals surface area (Å²) in [4.78, 5) is 12.2. The first kappa shape index (κ1) is 16.1. The Hall–Kier alpha value is -3.39. The molecule has 0 spiro atoms. The zero-order valence-corrected chi connectivity index (χ0v) is 14.5. The van der Waals surface area contributed by atoms with Gasteiger partial charge in [0.2, 0.25) is 0 Å². The molecule has 0 radical (unpaired) electrons. The van der Waals surface area contributed by atoms with Gasteiger partial charge in [-0.05, 0) is 40.8 Å². The van der Waals surface area contributed by atoms with Crippen LogP contribution in [0.4, 0.5) is 0 Å². The van der Waals surface area contributed by atoms with Crippen molar-refractivity contribution in [3.05, 3.63) is 91.0 Å². The number of rotatable bonds is 3. The van der Waals surface area contributed by atoms with Crippen molar-refractivity contribution >= 4 is 27.5 Å². The van der Waals surface area contributed by atoms with Crippen molar-refractivity contribution < 1.29 is 9.53 Å². The largest absolute Gasteiger partial charge is 0.422 e. The minimum atomic E-state index is -0.414. The zero-order valence-electron chi connectivity index (χ0n) is 14.5. The lowest BCUT2D eigenvalue weighted by molar-refractivity contribution is -0.129. The van der Waals surface area contributed by atoms with E-state index < -0.39 is 5.97 Å². The summed E-state index contributed by atoms with van der Waals surface area (Å²) in [6.07, 6.45) is 0. The molecule has 2 nitrogen and oxygen atoms in total. The molecule has 0 aromatic heterocycles. The van der Waals surface area contributed by atoms with Gasteiger partial charge in [-0.1, -0.05) is 73.3 Å². The Morgan fingerprint density at radius 1 is 0.808 bits per heavy atom. The summed E-state index contributed by atoms with van der Waals surface area (Å²) < 4.78 is 5.75. The predicted molar refractivity (Wildman–Crippen MR) is 107 cm³/mol. The summed E-state index contributed by atoms with van der Waals surface area (Å²) in [5.41, 5.74) is 2.28. The molecular weight excluding hydrogens is 320 g/mol. The Morgan fingerprint density at radius 3 is 2.23 bits per heavy atom. The van der Waals surface area contributed by atoms with Crippen molar-refractivity contribution in [1.82, 2.24) is 0 Å². The molecule has 0 N–H and O–H groups in total. The topological polar surface area (TPSA) is 26.3 Å².